The van der Waals surface area contributed by atoms with E-state index in [4.69, 9.17) is 4.74 Å². The van der Waals surface area contributed by atoms with Crippen molar-refractivity contribution >= 4 is 28.6 Å². The summed E-state index contributed by atoms with van der Waals surface area (Å²) in [5.41, 5.74) is 1.23. The summed E-state index contributed by atoms with van der Waals surface area (Å²) >= 11 is 1.14. The number of methoxy groups -OCH3 is 1. The van der Waals surface area contributed by atoms with E-state index in [0.29, 0.717) is 60.3 Å². The Morgan fingerprint density at radius 3 is 2.76 bits per heavy atom. The Morgan fingerprint density at radius 2 is 2.03 bits per heavy atom. The second kappa shape index (κ2) is 12.6. The molecule has 0 amide bonds. The van der Waals surface area contributed by atoms with Gasteiger partial charge in [-0.15, -0.1) is 11.8 Å². The number of aromatic nitrogens is 1. The monoisotopic (exact) mass is 532 g/mol. The number of carboxylic acids is 1. The fraction of sp³-hybridized carbons (Fsp3) is 0.429. The minimum atomic E-state index is -1.24. The number of hydrogen-bond donors (Lipinski definition) is 1. The van der Waals surface area contributed by atoms with Gasteiger partial charge in [-0.25, -0.2) is 13.2 Å². The van der Waals surface area contributed by atoms with Crippen LogP contribution in [0.15, 0.2) is 53.6 Å². The number of pyridine rings is 1. The molecule has 1 aliphatic heterocycles. The Hall–Kier alpha value is -2.78. The highest BCUT2D eigenvalue weighted by molar-refractivity contribution is 7.99. The Bertz CT molecular complexity index is 1210. The maximum Gasteiger partial charge on any atom is 0.308 e. The van der Waals surface area contributed by atoms with Gasteiger partial charge in [0.1, 0.15) is 23.6 Å². The van der Waals surface area contributed by atoms with E-state index in [2.05, 4.69) is 9.88 Å². The smallest absolute Gasteiger partial charge is 0.308 e. The second-order valence-electron chi connectivity index (χ2n) is 9.38. The van der Waals surface area contributed by atoms with Gasteiger partial charge in [0.05, 0.1) is 23.4 Å². The standard InChI is InChI=1S/C28H31F3N2O3S/c1-36-19-7-9-26-21(16-19)20(10-12-32-26)23(29)8-6-18-11-14-33(17-22(18)28(34)35)13-3-15-37-27-24(30)4-2-5-25(27)31/h2,4-5,7,9-10,12,16,18,22-23H,3,6,8,11,13-15,17H2,1H3,(H,34,35)/t18-,22+,23+/m1/s1. The Morgan fingerprint density at radius 1 is 1.24 bits per heavy atom. The number of thioether (sulfide) groups is 1. The van der Waals surface area contributed by atoms with Gasteiger partial charge in [0.2, 0.25) is 0 Å². The number of hydrogen-bond acceptors (Lipinski definition) is 5. The molecule has 5 nitrogen and oxygen atoms in total. The lowest BCUT2D eigenvalue weighted by Gasteiger charge is -2.36. The van der Waals surface area contributed by atoms with Crippen LogP contribution < -0.4 is 4.74 Å². The van der Waals surface area contributed by atoms with Crippen molar-refractivity contribution in [1.82, 2.24) is 9.88 Å². The van der Waals surface area contributed by atoms with Crippen LogP contribution in [0, 0.1) is 23.5 Å². The number of halogens is 3. The lowest BCUT2D eigenvalue weighted by atomic mass is 9.81. The van der Waals surface area contributed by atoms with Gasteiger partial charge in [0, 0.05) is 18.1 Å². The molecule has 3 atom stereocenters. The fourth-order valence-corrected chi connectivity index (χ4v) is 5.93. The van der Waals surface area contributed by atoms with Crippen molar-refractivity contribution in [1.29, 1.82) is 0 Å². The number of piperidine rings is 1. The van der Waals surface area contributed by atoms with Crippen LogP contribution in [0.2, 0.25) is 0 Å². The van der Waals surface area contributed by atoms with Crippen LogP contribution in [0.4, 0.5) is 13.2 Å². The molecule has 4 rings (SSSR count). The lowest BCUT2D eigenvalue weighted by Crippen LogP contribution is -2.44. The van der Waals surface area contributed by atoms with E-state index in [0.717, 1.165) is 18.3 Å². The zero-order valence-corrected chi connectivity index (χ0v) is 21.5. The van der Waals surface area contributed by atoms with Crippen molar-refractivity contribution < 1.29 is 27.8 Å². The average Bonchev–Trinajstić information content (AvgIpc) is 2.90. The predicted molar refractivity (Wildman–Crippen MR) is 139 cm³/mol. The number of nitrogens with zero attached hydrogens (tertiary/aromatic N) is 2. The van der Waals surface area contributed by atoms with Gasteiger partial charge in [-0.3, -0.25) is 9.78 Å². The van der Waals surface area contributed by atoms with Crippen LogP contribution in [-0.2, 0) is 4.79 Å². The van der Waals surface area contributed by atoms with Gasteiger partial charge in [0.15, 0.2) is 0 Å². The van der Waals surface area contributed by atoms with Crippen molar-refractivity contribution in [2.24, 2.45) is 11.8 Å². The number of benzene rings is 2. The van der Waals surface area contributed by atoms with Crippen molar-refractivity contribution in [3.63, 3.8) is 0 Å². The second-order valence-corrected chi connectivity index (χ2v) is 10.5. The summed E-state index contributed by atoms with van der Waals surface area (Å²) in [6, 6.07) is 10.9. The molecule has 2 heterocycles. The molecular formula is C28H31F3N2O3S. The molecule has 3 aromatic rings. The van der Waals surface area contributed by atoms with Crippen LogP contribution in [0.5, 0.6) is 5.75 Å². The molecule has 2 aromatic carbocycles. The number of carbonyl (C=O) groups is 1. The maximum absolute atomic E-state index is 15.4. The predicted octanol–water partition coefficient (Wildman–Crippen LogP) is 6.52. The average molecular weight is 533 g/mol. The summed E-state index contributed by atoms with van der Waals surface area (Å²) in [5.74, 6) is -1.53. The number of ether oxygens (including phenoxy) is 1. The molecular weight excluding hydrogens is 501 g/mol. The third-order valence-corrected chi connectivity index (χ3v) is 8.22. The summed E-state index contributed by atoms with van der Waals surface area (Å²) in [7, 11) is 1.56. The molecule has 1 fully saturated rings. The van der Waals surface area contributed by atoms with Gasteiger partial charge >= 0.3 is 5.97 Å². The number of alkyl halides is 1. The minimum Gasteiger partial charge on any atom is -0.497 e. The van der Waals surface area contributed by atoms with Gasteiger partial charge in [-0.05, 0) is 92.4 Å². The highest BCUT2D eigenvalue weighted by Gasteiger charge is 2.34. The van der Waals surface area contributed by atoms with E-state index in [1.165, 1.54) is 18.2 Å². The van der Waals surface area contributed by atoms with E-state index in [9.17, 15) is 18.7 Å². The van der Waals surface area contributed by atoms with Crippen LogP contribution in [-0.4, -0.2) is 53.5 Å². The van der Waals surface area contributed by atoms with Crippen LogP contribution in [0.1, 0.15) is 37.4 Å². The van der Waals surface area contributed by atoms with Crippen molar-refractivity contribution in [2.75, 3.05) is 32.5 Å². The number of likely N-dealkylation sites (tertiary alicyclic amines) is 1. The minimum absolute atomic E-state index is 0.0193. The van der Waals surface area contributed by atoms with Crippen molar-refractivity contribution in [3.8, 4) is 5.75 Å². The van der Waals surface area contributed by atoms with Crippen LogP contribution >= 0.6 is 11.8 Å². The van der Waals surface area contributed by atoms with E-state index >= 15 is 4.39 Å². The summed E-state index contributed by atoms with van der Waals surface area (Å²) in [6.07, 6.45) is 2.41. The van der Waals surface area contributed by atoms with Gasteiger partial charge in [0.25, 0.3) is 0 Å². The third-order valence-electron chi connectivity index (χ3n) is 7.05. The summed E-state index contributed by atoms with van der Waals surface area (Å²) in [5, 5.41) is 10.6. The molecule has 0 saturated carbocycles. The number of aliphatic carboxylic acids is 1. The van der Waals surface area contributed by atoms with E-state index in [-0.39, 0.29) is 17.2 Å². The van der Waals surface area contributed by atoms with E-state index in [1.54, 1.807) is 37.6 Å². The fourth-order valence-electron chi connectivity index (χ4n) is 5.04. The third kappa shape index (κ3) is 6.76. The van der Waals surface area contributed by atoms with Gasteiger partial charge in [-0.2, -0.15) is 0 Å². The zero-order chi connectivity index (χ0) is 26.4. The number of carboxylic acid groups (broad SMARTS) is 1. The van der Waals surface area contributed by atoms with Gasteiger partial charge in [-0.1, -0.05) is 6.07 Å². The number of rotatable bonds is 11. The van der Waals surface area contributed by atoms with Gasteiger partial charge < -0.3 is 14.7 Å². The topological polar surface area (TPSA) is 62.7 Å². The molecule has 37 heavy (non-hydrogen) atoms. The zero-order valence-electron chi connectivity index (χ0n) is 20.7. The molecule has 1 aromatic heterocycles. The SMILES string of the molecule is COc1ccc2nccc([C@@H](F)CC[C@@H]3CCN(CCCSc4c(F)cccc4F)C[C@@H]3C(=O)O)c2c1. The largest absolute Gasteiger partial charge is 0.497 e. The van der Waals surface area contributed by atoms with Crippen molar-refractivity contribution in [3.05, 3.63) is 65.9 Å². The molecule has 0 aliphatic carbocycles. The first-order valence-corrected chi connectivity index (χ1v) is 13.4. The van der Waals surface area contributed by atoms with Crippen LogP contribution in [0.3, 0.4) is 0 Å². The highest BCUT2D eigenvalue weighted by Crippen LogP contribution is 2.35. The Kier molecular flexibility index (Phi) is 9.32. The molecule has 0 unspecified atom stereocenters. The van der Waals surface area contributed by atoms with E-state index in [1.807, 2.05) is 0 Å². The molecule has 9 heteroatoms. The number of fused-ring (bicyclic) bond motifs is 1. The molecule has 1 saturated heterocycles. The molecule has 198 valence electrons. The molecule has 1 aliphatic rings. The first-order valence-electron chi connectivity index (χ1n) is 12.5. The van der Waals surface area contributed by atoms with Crippen molar-refractivity contribution in [2.45, 2.75) is 36.8 Å². The highest BCUT2D eigenvalue weighted by atomic mass is 32.2. The normalized spacial score (nSPS) is 19.1. The molecule has 1 N–H and O–H groups in total. The first-order chi connectivity index (χ1) is 17.9. The summed E-state index contributed by atoms with van der Waals surface area (Å²) in [6.45, 7) is 1.76. The lowest BCUT2D eigenvalue weighted by molar-refractivity contribution is -0.146. The Labute approximate surface area is 219 Å². The quantitative estimate of drug-likeness (QED) is 0.224. The summed E-state index contributed by atoms with van der Waals surface area (Å²) < 4.78 is 48.2. The van der Waals surface area contributed by atoms with E-state index < -0.39 is 29.7 Å². The first kappa shape index (κ1) is 27.3. The van der Waals surface area contributed by atoms with Crippen LogP contribution in [0.25, 0.3) is 10.9 Å². The maximum atomic E-state index is 15.4. The molecule has 0 radical (unpaired) electrons. The Balaban J connectivity index is 1.30. The molecule has 0 spiro atoms. The molecule has 0 bridgehead atoms. The summed E-state index contributed by atoms with van der Waals surface area (Å²) in [4.78, 5) is 18.4.